The molecule has 4 aliphatic rings. The Morgan fingerprint density at radius 2 is 1.63 bits per heavy atom. The topological polar surface area (TPSA) is 87.3 Å². The van der Waals surface area contributed by atoms with Gasteiger partial charge in [-0.25, -0.2) is 4.39 Å². The summed E-state index contributed by atoms with van der Waals surface area (Å²) in [6, 6.07) is 5.14. The van der Waals surface area contributed by atoms with Crippen molar-refractivity contribution < 1.29 is 18.8 Å². The van der Waals surface area contributed by atoms with Gasteiger partial charge in [0.25, 0.3) is 5.91 Å². The third kappa shape index (κ3) is 3.31. The van der Waals surface area contributed by atoms with Gasteiger partial charge in [-0.1, -0.05) is 0 Å². The number of amides is 3. The van der Waals surface area contributed by atoms with Crippen LogP contribution < -0.4 is 16.2 Å². The van der Waals surface area contributed by atoms with Gasteiger partial charge in [-0.2, -0.15) is 0 Å². The molecule has 4 aliphatic carbocycles. The molecule has 1 aromatic carbocycles. The summed E-state index contributed by atoms with van der Waals surface area (Å²) < 4.78 is 13.0. The lowest BCUT2D eigenvalue weighted by Gasteiger charge is -2.61. The minimum Gasteiger partial charge on any atom is -0.351 e. The molecule has 27 heavy (non-hydrogen) atoms. The van der Waals surface area contributed by atoms with Gasteiger partial charge in [-0.3, -0.25) is 25.2 Å². The fourth-order valence-electron chi connectivity index (χ4n) is 5.97. The summed E-state index contributed by atoms with van der Waals surface area (Å²) in [7, 11) is 0. The molecule has 4 fully saturated rings. The average Bonchev–Trinajstić information content (AvgIpc) is 2.57. The third-order valence-electron chi connectivity index (χ3n) is 6.38. The fourth-order valence-corrected chi connectivity index (χ4v) is 5.97. The van der Waals surface area contributed by atoms with Crippen LogP contribution in [0.25, 0.3) is 0 Å². The predicted octanol–water partition coefficient (Wildman–Crippen LogP) is 2.06. The number of benzene rings is 1. The second-order valence-electron chi connectivity index (χ2n) is 8.62. The summed E-state index contributed by atoms with van der Waals surface area (Å²) in [5, 5.41) is 3.12. The van der Waals surface area contributed by atoms with E-state index in [0.717, 1.165) is 32.1 Å². The first-order valence-electron chi connectivity index (χ1n) is 9.44. The van der Waals surface area contributed by atoms with Crippen molar-refractivity contribution in [3.8, 4) is 0 Å². The van der Waals surface area contributed by atoms with Crippen molar-refractivity contribution in [2.24, 2.45) is 17.3 Å². The molecular weight excluding hydrogens is 349 g/mol. The molecule has 0 aromatic heterocycles. The zero-order valence-corrected chi connectivity index (χ0v) is 15.3. The van der Waals surface area contributed by atoms with Crippen LogP contribution in [0.4, 0.5) is 4.39 Å². The van der Waals surface area contributed by atoms with Crippen molar-refractivity contribution >= 4 is 17.7 Å². The molecule has 3 N–H and O–H groups in total. The van der Waals surface area contributed by atoms with Crippen LogP contribution in [0, 0.1) is 23.1 Å². The van der Waals surface area contributed by atoms with E-state index in [1.165, 1.54) is 31.2 Å². The van der Waals surface area contributed by atoms with E-state index in [4.69, 9.17) is 0 Å². The predicted molar refractivity (Wildman–Crippen MR) is 95.7 cm³/mol. The first-order valence-corrected chi connectivity index (χ1v) is 9.44. The van der Waals surface area contributed by atoms with E-state index in [9.17, 15) is 18.8 Å². The largest absolute Gasteiger partial charge is 0.351 e. The van der Waals surface area contributed by atoms with Gasteiger partial charge in [-0.05, 0) is 74.6 Å². The summed E-state index contributed by atoms with van der Waals surface area (Å²) in [5.74, 6) is -0.302. The van der Waals surface area contributed by atoms with E-state index < -0.39 is 17.1 Å². The SMILES string of the molecule is CC(=O)NC12C[C@H]3C[C@@H](C1)CC(C(=O)NNC(=O)c1ccc(F)cc1)(C3)C2. The van der Waals surface area contributed by atoms with Crippen molar-refractivity contribution in [2.45, 2.75) is 51.0 Å². The molecule has 0 heterocycles. The van der Waals surface area contributed by atoms with Crippen molar-refractivity contribution in [3.63, 3.8) is 0 Å². The number of hydrazine groups is 1. The van der Waals surface area contributed by atoms with Crippen LogP contribution in [-0.2, 0) is 9.59 Å². The lowest BCUT2D eigenvalue weighted by molar-refractivity contribution is -0.153. The zero-order chi connectivity index (χ0) is 19.2. The number of hydrogen-bond acceptors (Lipinski definition) is 3. The van der Waals surface area contributed by atoms with Gasteiger partial charge in [0.05, 0.1) is 5.41 Å². The molecule has 0 radical (unpaired) electrons. The van der Waals surface area contributed by atoms with Gasteiger partial charge in [0, 0.05) is 18.0 Å². The van der Waals surface area contributed by atoms with Crippen molar-refractivity contribution in [1.29, 1.82) is 0 Å². The highest BCUT2D eigenvalue weighted by atomic mass is 19.1. The van der Waals surface area contributed by atoms with Crippen LogP contribution in [0.1, 0.15) is 55.8 Å². The summed E-state index contributed by atoms with van der Waals surface area (Å²) in [6.45, 7) is 1.52. The number of hydrogen-bond donors (Lipinski definition) is 3. The number of rotatable bonds is 3. The quantitative estimate of drug-likeness (QED) is 0.709. The Bertz CT molecular complexity index is 778. The standard InChI is InChI=1S/C20H24FN3O3/c1-12(25)22-20-9-13-6-14(10-20)8-19(7-13,11-20)18(27)24-23-17(26)15-2-4-16(21)5-3-15/h2-5,13-14H,6-11H2,1H3,(H,22,25)(H,23,26)(H,24,27)/t13-,14+,19?,20?. The minimum atomic E-state index is -0.553. The van der Waals surface area contributed by atoms with Crippen LogP contribution in [0.2, 0.25) is 0 Å². The fraction of sp³-hybridized carbons (Fsp3) is 0.550. The number of carbonyl (C=O) groups is 3. The molecule has 4 saturated carbocycles. The van der Waals surface area contributed by atoms with Gasteiger partial charge in [0.15, 0.2) is 0 Å². The molecule has 5 rings (SSSR count). The van der Waals surface area contributed by atoms with Crippen molar-refractivity contribution in [1.82, 2.24) is 16.2 Å². The van der Waals surface area contributed by atoms with Gasteiger partial charge in [0.1, 0.15) is 5.82 Å². The Hall–Kier alpha value is -2.44. The number of nitrogens with one attached hydrogen (secondary N) is 3. The van der Waals surface area contributed by atoms with E-state index in [1.807, 2.05) is 0 Å². The molecule has 4 atom stereocenters. The van der Waals surface area contributed by atoms with Crippen LogP contribution >= 0.6 is 0 Å². The Morgan fingerprint density at radius 3 is 2.22 bits per heavy atom. The molecule has 0 saturated heterocycles. The van der Waals surface area contributed by atoms with Crippen molar-refractivity contribution in [2.75, 3.05) is 0 Å². The molecule has 7 heteroatoms. The molecule has 2 unspecified atom stereocenters. The summed E-state index contributed by atoms with van der Waals surface area (Å²) >= 11 is 0. The van der Waals surface area contributed by atoms with E-state index in [0.29, 0.717) is 18.3 Å². The normalized spacial score (nSPS) is 33.4. The Labute approximate surface area is 157 Å². The van der Waals surface area contributed by atoms with Crippen LogP contribution in [0.15, 0.2) is 24.3 Å². The highest BCUT2D eigenvalue weighted by Crippen LogP contribution is 2.61. The third-order valence-corrected chi connectivity index (χ3v) is 6.38. The summed E-state index contributed by atoms with van der Waals surface area (Å²) in [4.78, 5) is 36.9. The van der Waals surface area contributed by atoms with E-state index in [2.05, 4.69) is 16.2 Å². The molecule has 1 aromatic rings. The molecule has 0 spiro atoms. The highest BCUT2D eigenvalue weighted by Gasteiger charge is 2.60. The zero-order valence-electron chi connectivity index (χ0n) is 15.3. The Kier molecular flexibility index (Phi) is 4.20. The lowest BCUT2D eigenvalue weighted by atomic mass is 9.46. The Morgan fingerprint density at radius 1 is 1.00 bits per heavy atom. The van der Waals surface area contributed by atoms with E-state index in [-0.39, 0.29) is 22.9 Å². The van der Waals surface area contributed by atoms with Gasteiger partial charge < -0.3 is 5.32 Å². The van der Waals surface area contributed by atoms with E-state index in [1.54, 1.807) is 0 Å². The van der Waals surface area contributed by atoms with Crippen molar-refractivity contribution in [3.05, 3.63) is 35.6 Å². The van der Waals surface area contributed by atoms with Gasteiger partial charge >= 0.3 is 0 Å². The lowest BCUT2D eigenvalue weighted by Crippen LogP contribution is -2.66. The Balaban J connectivity index is 1.46. The second kappa shape index (κ2) is 6.32. The molecule has 144 valence electrons. The monoisotopic (exact) mass is 373 g/mol. The average molecular weight is 373 g/mol. The molecule has 0 aliphatic heterocycles. The summed E-state index contributed by atoms with van der Waals surface area (Å²) in [6.07, 6.45) is 5.18. The maximum Gasteiger partial charge on any atom is 0.269 e. The maximum absolute atomic E-state index is 13.0. The van der Waals surface area contributed by atoms with Crippen LogP contribution in [0.3, 0.4) is 0 Å². The minimum absolute atomic E-state index is 0.0582. The molecular formula is C20H24FN3O3. The first-order chi connectivity index (χ1) is 12.8. The maximum atomic E-state index is 13.0. The van der Waals surface area contributed by atoms with Crippen LogP contribution in [0.5, 0.6) is 0 Å². The highest BCUT2D eigenvalue weighted by molar-refractivity contribution is 5.96. The van der Waals surface area contributed by atoms with Gasteiger partial charge in [-0.15, -0.1) is 0 Å². The van der Waals surface area contributed by atoms with Gasteiger partial charge in [0.2, 0.25) is 11.8 Å². The first kappa shape index (κ1) is 17.9. The molecule has 3 amide bonds. The smallest absolute Gasteiger partial charge is 0.269 e. The molecule has 6 nitrogen and oxygen atoms in total. The summed E-state index contributed by atoms with van der Waals surface area (Å²) in [5.41, 5.74) is 4.45. The second-order valence-corrected chi connectivity index (χ2v) is 8.62. The van der Waals surface area contributed by atoms with Crippen LogP contribution in [-0.4, -0.2) is 23.3 Å². The number of halogens is 1. The van der Waals surface area contributed by atoms with E-state index >= 15 is 0 Å². The number of carbonyl (C=O) groups excluding carboxylic acids is 3. The molecule has 4 bridgehead atoms.